The lowest BCUT2D eigenvalue weighted by Crippen LogP contribution is -2.34. The highest BCUT2D eigenvalue weighted by Crippen LogP contribution is 2.26. The maximum atomic E-state index is 12.6. The molecule has 4 aromatic rings. The van der Waals surface area contributed by atoms with Crippen LogP contribution in [0.25, 0.3) is 15.7 Å². The van der Waals surface area contributed by atoms with E-state index in [2.05, 4.69) is 10.4 Å². The molecule has 1 aromatic carbocycles. The summed E-state index contributed by atoms with van der Waals surface area (Å²) in [7, 11) is 0. The molecule has 1 amide bonds. The lowest BCUT2D eigenvalue weighted by molar-refractivity contribution is -0.122. The third-order valence-electron chi connectivity index (χ3n) is 4.14. The SMILES string of the molecule is Cc1cc2c(cc3c(=O)n(CC(=O)NCc4ccccc4Cl)ncn32)s1. The molecule has 0 atom stereocenters. The van der Waals surface area contributed by atoms with Crippen molar-refractivity contribution in [3.63, 3.8) is 0 Å². The van der Waals surface area contributed by atoms with E-state index >= 15 is 0 Å². The molecule has 0 spiro atoms. The first kappa shape index (κ1) is 16.8. The van der Waals surface area contributed by atoms with Crippen LogP contribution < -0.4 is 10.9 Å². The summed E-state index contributed by atoms with van der Waals surface area (Å²) in [6.45, 7) is 2.18. The van der Waals surface area contributed by atoms with Gasteiger partial charge in [0.1, 0.15) is 18.4 Å². The van der Waals surface area contributed by atoms with Crippen LogP contribution >= 0.6 is 22.9 Å². The van der Waals surface area contributed by atoms with Gasteiger partial charge in [0.25, 0.3) is 5.56 Å². The molecule has 8 heteroatoms. The maximum absolute atomic E-state index is 12.6. The van der Waals surface area contributed by atoms with Crippen molar-refractivity contribution in [1.82, 2.24) is 19.5 Å². The van der Waals surface area contributed by atoms with E-state index in [1.54, 1.807) is 28.1 Å². The van der Waals surface area contributed by atoms with Gasteiger partial charge in [-0.2, -0.15) is 5.10 Å². The van der Waals surface area contributed by atoms with Crippen LogP contribution in [-0.2, 0) is 17.9 Å². The van der Waals surface area contributed by atoms with Crippen LogP contribution in [0.15, 0.2) is 47.5 Å². The fourth-order valence-corrected chi connectivity index (χ4v) is 4.01. The van der Waals surface area contributed by atoms with Crippen LogP contribution in [0.4, 0.5) is 0 Å². The van der Waals surface area contributed by atoms with Gasteiger partial charge in [-0.25, -0.2) is 4.68 Å². The van der Waals surface area contributed by atoms with E-state index in [0.29, 0.717) is 17.1 Å². The summed E-state index contributed by atoms with van der Waals surface area (Å²) < 4.78 is 3.97. The Bertz CT molecular complexity index is 1190. The third kappa shape index (κ3) is 3.00. The van der Waals surface area contributed by atoms with Crippen LogP contribution in [0.2, 0.25) is 5.02 Å². The molecule has 6 nitrogen and oxygen atoms in total. The minimum atomic E-state index is -0.298. The number of amides is 1. The maximum Gasteiger partial charge on any atom is 0.291 e. The van der Waals surface area contributed by atoms with Crippen molar-refractivity contribution < 1.29 is 4.79 Å². The average Bonchev–Trinajstić information content (AvgIpc) is 3.13. The molecule has 0 unspecified atom stereocenters. The summed E-state index contributed by atoms with van der Waals surface area (Å²) >= 11 is 7.70. The van der Waals surface area contributed by atoms with Gasteiger partial charge in [-0.3, -0.25) is 14.0 Å². The Morgan fingerprint density at radius 2 is 2.08 bits per heavy atom. The smallest absolute Gasteiger partial charge is 0.291 e. The zero-order valence-electron chi connectivity index (χ0n) is 13.9. The van der Waals surface area contributed by atoms with Gasteiger partial charge in [-0.1, -0.05) is 29.8 Å². The first-order valence-electron chi connectivity index (χ1n) is 8.00. The molecule has 26 heavy (non-hydrogen) atoms. The number of nitrogens with one attached hydrogen (secondary N) is 1. The molecular formula is C18H15ClN4O2S. The Labute approximate surface area is 157 Å². The third-order valence-corrected chi connectivity index (χ3v) is 5.49. The fourth-order valence-electron chi connectivity index (χ4n) is 2.86. The molecule has 1 N–H and O–H groups in total. The first-order valence-corrected chi connectivity index (χ1v) is 9.20. The Kier molecular flexibility index (Phi) is 4.26. The van der Waals surface area contributed by atoms with E-state index in [1.807, 2.05) is 37.3 Å². The van der Waals surface area contributed by atoms with Crippen molar-refractivity contribution in [3.8, 4) is 0 Å². The molecule has 0 aliphatic rings. The number of nitrogens with zero attached hydrogens (tertiary/aromatic N) is 3. The summed E-state index contributed by atoms with van der Waals surface area (Å²) in [6, 6.07) is 11.2. The zero-order chi connectivity index (χ0) is 18.3. The van der Waals surface area contributed by atoms with Gasteiger partial charge in [0, 0.05) is 16.4 Å². The van der Waals surface area contributed by atoms with Crippen molar-refractivity contribution in [2.24, 2.45) is 0 Å². The van der Waals surface area contributed by atoms with Crippen LogP contribution in [0.5, 0.6) is 0 Å². The highest BCUT2D eigenvalue weighted by Gasteiger charge is 2.13. The summed E-state index contributed by atoms with van der Waals surface area (Å²) in [5, 5.41) is 7.49. The summed E-state index contributed by atoms with van der Waals surface area (Å²) in [4.78, 5) is 26.0. The molecule has 0 saturated heterocycles. The molecule has 3 heterocycles. The van der Waals surface area contributed by atoms with Crippen LogP contribution in [0.1, 0.15) is 10.4 Å². The number of carbonyl (C=O) groups is 1. The standard InChI is InChI=1S/C18H15ClN4O2S/c1-11-6-14-16(26-11)7-15-18(25)23(21-10-22(14)15)9-17(24)20-8-12-4-2-3-5-13(12)19/h2-7,10H,8-9H2,1H3,(H,20,24). The number of thiophene rings is 1. The number of hydrogen-bond acceptors (Lipinski definition) is 4. The van der Waals surface area contributed by atoms with E-state index in [4.69, 9.17) is 11.6 Å². The minimum Gasteiger partial charge on any atom is -0.350 e. The van der Waals surface area contributed by atoms with Crippen molar-refractivity contribution in [3.05, 3.63) is 68.5 Å². The van der Waals surface area contributed by atoms with Crippen LogP contribution in [-0.4, -0.2) is 20.1 Å². The van der Waals surface area contributed by atoms with Gasteiger partial charge in [0.15, 0.2) is 0 Å². The minimum absolute atomic E-state index is 0.141. The quantitative estimate of drug-likeness (QED) is 0.586. The summed E-state index contributed by atoms with van der Waals surface area (Å²) in [6.07, 6.45) is 1.58. The van der Waals surface area contributed by atoms with Crippen molar-refractivity contribution >= 4 is 44.6 Å². The predicted octanol–water partition coefficient (Wildman–Crippen LogP) is 2.99. The monoisotopic (exact) mass is 386 g/mol. The molecule has 0 bridgehead atoms. The predicted molar refractivity (Wildman–Crippen MR) is 103 cm³/mol. The fraction of sp³-hybridized carbons (Fsp3) is 0.167. The lowest BCUT2D eigenvalue weighted by Gasteiger charge is -2.08. The number of hydrogen-bond donors (Lipinski definition) is 1. The molecule has 0 aliphatic carbocycles. The number of fused-ring (bicyclic) bond motifs is 3. The average molecular weight is 387 g/mol. The summed E-state index contributed by atoms with van der Waals surface area (Å²) in [5.41, 5.74) is 2.00. The van der Waals surface area contributed by atoms with Crippen molar-refractivity contribution in [2.75, 3.05) is 0 Å². The van der Waals surface area contributed by atoms with E-state index in [1.165, 1.54) is 9.56 Å². The number of aryl methyl sites for hydroxylation is 1. The van der Waals surface area contributed by atoms with Gasteiger partial charge in [0.2, 0.25) is 5.91 Å². The second-order valence-electron chi connectivity index (χ2n) is 5.97. The van der Waals surface area contributed by atoms with Crippen molar-refractivity contribution in [2.45, 2.75) is 20.0 Å². The molecular weight excluding hydrogens is 372 g/mol. The highest BCUT2D eigenvalue weighted by molar-refractivity contribution is 7.19. The molecule has 3 aromatic heterocycles. The van der Waals surface area contributed by atoms with E-state index in [9.17, 15) is 9.59 Å². The first-order chi connectivity index (χ1) is 12.5. The second kappa shape index (κ2) is 6.59. The Morgan fingerprint density at radius 3 is 2.88 bits per heavy atom. The van der Waals surface area contributed by atoms with Gasteiger partial charge < -0.3 is 5.32 Å². The number of benzene rings is 1. The van der Waals surface area contributed by atoms with Gasteiger partial charge >= 0.3 is 0 Å². The van der Waals surface area contributed by atoms with E-state index in [-0.39, 0.29) is 18.0 Å². The van der Waals surface area contributed by atoms with E-state index < -0.39 is 0 Å². The Morgan fingerprint density at radius 1 is 1.27 bits per heavy atom. The van der Waals surface area contributed by atoms with Gasteiger partial charge in [-0.05, 0) is 30.7 Å². The number of carbonyl (C=O) groups excluding carboxylic acids is 1. The van der Waals surface area contributed by atoms with Gasteiger partial charge in [-0.15, -0.1) is 11.3 Å². The topological polar surface area (TPSA) is 68.4 Å². The van der Waals surface area contributed by atoms with Crippen LogP contribution in [0, 0.1) is 6.92 Å². The molecule has 0 saturated carbocycles. The normalized spacial score (nSPS) is 11.3. The number of aromatic nitrogens is 3. The van der Waals surface area contributed by atoms with Gasteiger partial charge in [0.05, 0.1) is 10.2 Å². The lowest BCUT2D eigenvalue weighted by atomic mass is 10.2. The summed E-state index contributed by atoms with van der Waals surface area (Å²) in [5.74, 6) is -0.298. The number of halogens is 1. The highest BCUT2D eigenvalue weighted by atomic mass is 35.5. The second-order valence-corrected chi connectivity index (χ2v) is 7.66. The Hall–Kier alpha value is -2.64. The molecule has 0 radical (unpaired) electrons. The largest absolute Gasteiger partial charge is 0.350 e. The van der Waals surface area contributed by atoms with Crippen LogP contribution in [0.3, 0.4) is 0 Å². The molecule has 4 rings (SSSR count). The Balaban J connectivity index is 1.55. The number of rotatable bonds is 4. The van der Waals surface area contributed by atoms with E-state index in [0.717, 1.165) is 15.8 Å². The molecule has 0 aliphatic heterocycles. The molecule has 132 valence electrons. The van der Waals surface area contributed by atoms with Crippen molar-refractivity contribution in [1.29, 1.82) is 0 Å². The molecule has 0 fully saturated rings. The zero-order valence-corrected chi connectivity index (χ0v) is 15.5.